The van der Waals surface area contributed by atoms with Crippen molar-refractivity contribution in [1.29, 1.82) is 0 Å². The van der Waals surface area contributed by atoms with Crippen LogP contribution in [0.3, 0.4) is 0 Å². The van der Waals surface area contributed by atoms with Crippen molar-refractivity contribution in [2.75, 3.05) is 0 Å². The molecule has 2 aliphatic rings. The van der Waals surface area contributed by atoms with Crippen LogP contribution in [-0.2, 0) is 16.9 Å². The van der Waals surface area contributed by atoms with Gasteiger partial charge >= 0.3 is 0 Å². The summed E-state index contributed by atoms with van der Waals surface area (Å²) >= 11 is 6.09. The van der Waals surface area contributed by atoms with Gasteiger partial charge in [-0.25, -0.2) is 0 Å². The lowest BCUT2D eigenvalue weighted by molar-refractivity contribution is -0.384. The molecular formula is C22H21ClN2O3. The summed E-state index contributed by atoms with van der Waals surface area (Å²) in [5.41, 5.74) is 3.57. The Morgan fingerprint density at radius 3 is 2.36 bits per heavy atom. The first-order valence-electron chi connectivity index (χ1n) is 9.45. The van der Waals surface area contributed by atoms with Gasteiger partial charge in [-0.2, -0.15) is 0 Å². The number of hydrogen-bond acceptors (Lipinski definition) is 3. The summed E-state index contributed by atoms with van der Waals surface area (Å²) in [5, 5.41) is 11.6. The van der Waals surface area contributed by atoms with E-state index in [2.05, 4.69) is 6.92 Å². The zero-order chi connectivity index (χ0) is 19.9. The van der Waals surface area contributed by atoms with Crippen LogP contribution in [0.25, 0.3) is 0 Å². The predicted molar refractivity (Wildman–Crippen MR) is 108 cm³/mol. The lowest BCUT2D eigenvalue weighted by atomic mass is 9.78. The Morgan fingerprint density at radius 1 is 1.07 bits per heavy atom. The van der Waals surface area contributed by atoms with E-state index < -0.39 is 10.5 Å². The molecule has 1 aliphatic carbocycles. The topological polar surface area (TPSA) is 63.5 Å². The maximum Gasteiger partial charge on any atom is 0.269 e. The van der Waals surface area contributed by atoms with Crippen LogP contribution in [0.2, 0.25) is 5.02 Å². The van der Waals surface area contributed by atoms with E-state index in [-0.39, 0.29) is 11.6 Å². The third-order valence-electron chi connectivity index (χ3n) is 5.99. The van der Waals surface area contributed by atoms with Crippen molar-refractivity contribution >= 4 is 23.2 Å². The van der Waals surface area contributed by atoms with Gasteiger partial charge in [-0.1, -0.05) is 35.9 Å². The van der Waals surface area contributed by atoms with E-state index in [0.29, 0.717) is 11.6 Å². The van der Waals surface area contributed by atoms with Crippen molar-refractivity contribution in [3.8, 4) is 0 Å². The molecule has 1 amide bonds. The SMILES string of the molecule is CC1(c2ccc(Cl)cc2)C2=C(CCCC2)C(=O)N1Cc1ccc([N+](=O)[O-])cc1. The van der Waals surface area contributed by atoms with Gasteiger partial charge in [0.25, 0.3) is 11.6 Å². The highest BCUT2D eigenvalue weighted by Gasteiger charge is 2.49. The molecule has 4 rings (SSSR count). The molecule has 2 aromatic carbocycles. The molecule has 1 heterocycles. The Balaban J connectivity index is 1.75. The summed E-state index contributed by atoms with van der Waals surface area (Å²) in [4.78, 5) is 25.7. The number of halogens is 1. The zero-order valence-corrected chi connectivity index (χ0v) is 16.4. The number of non-ortho nitro benzene ring substituents is 1. The molecule has 1 aliphatic heterocycles. The van der Waals surface area contributed by atoms with Crippen LogP contribution >= 0.6 is 11.6 Å². The summed E-state index contributed by atoms with van der Waals surface area (Å²) in [7, 11) is 0. The Kier molecular flexibility index (Phi) is 4.71. The number of nitrogens with zero attached hydrogens (tertiary/aromatic N) is 2. The van der Waals surface area contributed by atoms with Crippen LogP contribution in [0.1, 0.15) is 43.7 Å². The van der Waals surface area contributed by atoms with Gasteiger partial charge in [0.2, 0.25) is 0 Å². The Morgan fingerprint density at radius 2 is 1.71 bits per heavy atom. The van der Waals surface area contributed by atoms with Crippen LogP contribution in [0, 0.1) is 10.1 Å². The Hall–Kier alpha value is -2.66. The molecule has 144 valence electrons. The molecule has 0 aromatic heterocycles. The molecule has 0 saturated heterocycles. The average Bonchev–Trinajstić information content (AvgIpc) is 2.92. The van der Waals surface area contributed by atoms with Gasteiger partial charge in [0.15, 0.2) is 0 Å². The van der Waals surface area contributed by atoms with Gasteiger partial charge in [0.05, 0.1) is 10.5 Å². The second-order valence-corrected chi connectivity index (χ2v) is 7.99. The monoisotopic (exact) mass is 396 g/mol. The molecule has 0 saturated carbocycles. The zero-order valence-electron chi connectivity index (χ0n) is 15.7. The molecule has 28 heavy (non-hydrogen) atoms. The van der Waals surface area contributed by atoms with E-state index in [1.165, 1.54) is 17.7 Å². The fourth-order valence-corrected chi connectivity index (χ4v) is 4.57. The van der Waals surface area contributed by atoms with Crippen LogP contribution in [0.15, 0.2) is 59.7 Å². The van der Waals surface area contributed by atoms with Gasteiger partial charge in [0.1, 0.15) is 0 Å². The van der Waals surface area contributed by atoms with E-state index in [0.717, 1.165) is 42.4 Å². The van der Waals surface area contributed by atoms with Crippen molar-refractivity contribution < 1.29 is 9.72 Å². The van der Waals surface area contributed by atoms with E-state index in [1.54, 1.807) is 12.1 Å². The second kappa shape index (κ2) is 7.06. The quantitative estimate of drug-likeness (QED) is 0.515. The summed E-state index contributed by atoms with van der Waals surface area (Å²) < 4.78 is 0. The number of rotatable bonds is 4. The first kappa shape index (κ1) is 18.7. The first-order chi connectivity index (χ1) is 13.4. The largest absolute Gasteiger partial charge is 0.321 e. The third-order valence-corrected chi connectivity index (χ3v) is 6.24. The molecule has 6 heteroatoms. The van der Waals surface area contributed by atoms with Crippen molar-refractivity contribution in [1.82, 2.24) is 4.90 Å². The van der Waals surface area contributed by atoms with E-state index in [1.807, 2.05) is 29.2 Å². The Labute approximate surface area is 168 Å². The molecule has 2 aromatic rings. The van der Waals surface area contributed by atoms with Gasteiger partial charge in [0, 0.05) is 29.3 Å². The standard InChI is InChI=1S/C22H21ClN2O3/c1-22(16-8-10-17(23)11-9-16)20-5-3-2-4-19(20)21(26)24(22)14-15-6-12-18(13-7-15)25(27)28/h6-13H,2-5,14H2,1H3. The highest BCUT2D eigenvalue weighted by molar-refractivity contribution is 6.30. The molecule has 0 fully saturated rings. The van der Waals surface area contributed by atoms with Crippen LogP contribution in [-0.4, -0.2) is 15.7 Å². The second-order valence-electron chi connectivity index (χ2n) is 7.56. The summed E-state index contributed by atoms with van der Waals surface area (Å²) in [6.45, 7) is 2.51. The van der Waals surface area contributed by atoms with Crippen molar-refractivity contribution in [2.45, 2.75) is 44.7 Å². The molecule has 5 nitrogen and oxygen atoms in total. The van der Waals surface area contributed by atoms with Crippen molar-refractivity contribution in [3.05, 3.63) is 85.9 Å². The molecule has 0 bridgehead atoms. The van der Waals surface area contributed by atoms with Crippen LogP contribution < -0.4 is 0 Å². The molecular weight excluding hydrogens is 376 g/mol. The summed E-state index contributed by atoms with van der Waals surface area (Å²) in [6.07, 6.45) is 3.85. The number of benzene rings is 2. The van der Waals surface area contributed by atoms with Gasteiger partial charge in [-0.15, -0.1) is 0 Å². The predicted octanol–water partition coefficient (Wildman–Crippen LogP) is 5.38. The molecule has 1 atom stereocenters. The number of nitro groups is 1. The molecule has 0 N–H and O–H groups in total. The number of nitro benzene ring substituents is 1. The average molecular weight is 397 g/mol. The van der Waals surface area contributed by atoms with E-state index in [4.69, 9.17) is 11.6 Å². The number of carbonyl (C=O) groups is 1. The van der Waals surface area contributed by atoms with E-state index >= 15 is 0 Å². The summed E-state index contributed by atoms with van der Waals surface area (Å²) in [6, 6.07) is 14.1. The fraction of sp³-hybridized carbons (Fsp3) is 0.318. The van der Waals surface area contributed by atoms with Crippen LogP contribution in [0.5, 0.6) is 0 Å². The normalized spacial score (nSPS) is 21.8. The molecule has 1 unspecified atom stereocenters. The highest BCUT2D eigenvalue weighted by Crippen LogP contribution is 2.49. The van der Waals surface area contributed by atoms with Crippen molar-refractivity contribution in [3.63, 3.8) is 0 Å². The minimum Gasteiger partial charge on any atom is -0.321 e. The summed E-state index contributed by atoms with van der Waals surface area (Å²) in [5.74, 6) is 0.0745. The fourth-order valence-electron chi connectivity index (χ4n) is 4.45. The third kappa shape index (κ3) is 3.00. The maximum absolute atomic E-state index is 13.3. The smallest absolute Gasteiger partial charge is 0.269 e. The van der Waals surface area contributed by atoms with E-state index in [9.17, 15) is 14.9 Å². The molecule has 0 spiro atoms. The van der Waals surface area contributed by atoms with Crippen LogP contribution in [0.4, 0.5) is 5.69 Å². The van der Waals surface area contributed by atoms with Gasteiger partial charge in [-0.05, 0) is 61.4 Å². The minimum atomic E-state index is -0.529. The lowest BCUT2D eigenvalue weighted by Gasteiger charge is -2.39. The Bertz CT molecular complexity index is 966. The van der Waals surface area contributed by atoms with Gasteiger partial charge in [-0.3, -0.25) is 14.9 Å². The lowest BCUT2D eigenvalue weighted by Crippen LogP contribution is -2.43. The number of carbonyl (C=O) groups excluding carboxylic acids is 1. The highest BCUT2D eigenvalue weighted by atomic mass is 35.5. The van der Waals surface area contributed by atoms with Crippen molar-refractivity contribution in [2.24, 2.45) is 0 Å². The number of hydrogen-bond donors (Lipinski definition) is 0. The van der Waals surface area contributed by atoms with Gasteiger partial charge < -0.3 is 4.90 Å². The maximum atomic E-state index is 13.3. The number of amides is 1. The molecule has 0 radical (unpaired) electrons. The minimum absolute atomic E-state index is 0.0504. The first-order valence-corrected chi connectivity index (χ1v) is 9.83.